The van der Waals surface area contributed by atoms with Gasteiger partial charge in [-0.2, -0.15) is 0 Å². The minimum absolute atomic E-state index is 0.174. The largest absolute Gasteiger partial charge is 0.361 e. The van der Waals surface area contributed by atoms with E-state index in [0.717, 1.165) is 12.5 Å². The Balaban J connectivity index is 1.74. The van der Waals surface area contributed by atoms with E-state index in [1.54, 1.807) is 0 Å². The summed E-state index contributed by atoms with van der Waals surface area (Å²) in [6, 6.07) is 0. The van der Waals surface area contributed by atoms with Crippen LogP contribution in [0.25, 0.3) is 0 Å². The highest BCUT2D eigenvalue weighted by Crippen LogP contribution is 2.24. The molecule has 0 radical (unpaired) electrons. The normalized spacial score (nSPS) is 36.2. The first-order valence-electron chi connectivity index (χ1n) is 6.21. The summed E-state index contributed by atoms with van der Waals surface area (Å²) in [6.07, 6.45) is 2.82. The summed E-state index contributed by atoms with van der Waals surface area (Å²) in [4.78, 5) is 2.53. The summed E-state index contributed by atoms with van der Waals surface area (Å²) in [5.74, 6) is 0.830. The van der Waals surface area contributed by atoms with Crippen molar-refractivity contribution >= 4 is 0 Å². The zero-order chi connectivity index (χ0) is 10.9. The number of hydrogen-bond acceptors (Lipinski definition) is 3. The molecular weight excluding hydrogens is 188 g/mol. The Morgan fingerprint density at radius 1 is 1.47 bits per heavy atom. The third-order valence-electron chi connectivity index (χ3n) is 3.56. The second-order valence-electron chi connectivity index (χ2n) is 5.61. The molecule has 2 unspecified atom stereocenters. The maximum Gasteiger partial charge on any atom is 0.109 e. The van der Waals surface area contributed by atoms with Crippen molar-refractivity contribution < 1.29 is 4.74 Å². The van der Waals surface area contributed by atoms with Crippen molar-refractivity contribution in [1.82, 2.24) is 10.2 Å². The molecule has 2 fully saturated rings. The quantitative estimate of drug-likeness (QED) is 0.766. The molecule has 2 saturated heterocycles. The molecule has 15 heavy (non-hydrogen) atoms. The Labute approximate surface area is 93.2 Å². The number of likely N-dealkylation sites (tertiary alicyclic amines) is 1. The molecule has 0 aromatic heterocycles. The van der Waals surface area contributed by atoms with Crippen LogP contribution >= 0.6 is 0 Å². The van der Waals surface area contributed by atoms with Crippen LogP contribution in [0.15, 0.2) is 0 Å². The smallest absolute Gasteiger partial charge is 0.109 e. The first-order chi connectivity index (χ1) is 7.09. The Morgan fingerprint density at radius 3 is 2.80 bits per heavy atom. The third-order valence-corrected chi connectivity index (χ3v) is 3.56. The molecule has 88 valence electrons. The van der Waals surface area contributed by atoms with Gasteiger partial charge in [0.25, 0.3) is 0 Å². The van der Waals surface area contributed by atoms with Crippen LogP contribution < -0.4 is 5.32 Å². The molecule has 2 rings (SSSR count). The molecule has 0 saturated carbocycles. The van der Waals surface area contributed by atoms with Crippen LogP contribution in [-0.2, 0) is 4.74 Å². The highest BCUT2D eigenvalue weighted by Gasteiger charge is 2.33. The maximum atomic E-state index is 5.77. The van der Waals surface area contributed by atoms with Gasteiger partial charge < -0.3 is 9.64 Å². The highest BCUT2D eigenvalue weighted by atomic mass is 16.5. The van der Waals surface area contributed by atoms with Gasteiger partial charge >= 0.3 is 0 Å². The maximum absolute atomic E-state index is 5.77. The van der Waals surface area contributed by atoms with E-state index in [-0.39, 0.29) is 5.54 Å². The van der Waals surface area contributed by atoms with Gasteiger partial charge in [-0.1, -0.05) is 6.92 Å². The fourth-order valence-electron chi connectivity index (χ4n) is 2.65. The second kappa shape index (κ2) is 4.40. The van der Waals surface area contributed by atoms with Crippen LogP contribution in [0.5, 0.6) is 0 Å². The minimum atomic E-state index is 0.174. The van der Waals surface area contributed by atoms with Gasteiger partial charge in [-0.15, -0.1) is 0 Å². The Morgan fingerprint density at radius 2 is 2.27 bits per heavy atom. The Kier molecular flexibility index (Phi) is 3.33. The van der Waals surface area contributed by atoms with Gasteiger partial charge in [0.1, 0.15) is 6.23 Å². The topological polar surface area (TPSA) is 24.5 Å². The average Bonchev–Trinajstić information content (AvgIpc) is 2.73. The molecule has 2 aliphatic heterocycles. The van der Waals surface area contributed by atoms with E-state index in [4.69, 9.17) is 4.74 Å². The lowest BCUT2D eigenvalue weighted by atomic mass is 10.0. The summed E-state index contributed by atoms with van der Waals surface area (Å²) in [5, 5.41) is 3.55. The van der Waals surface area contributed by atoms with E-state index in [2.05, 4.69) is 31.0 Å². The summed E-state index contributed by atoms with van der Waals surface area (Å²) in [6.45, 7) is 11.2. The number of rotatable bonds is 3. The molecule has 0 amide bonds. The first kappa shape index (κ1) is 11.4. The van der Waals surface area contributed by atoms with Crippen LogP contribution in [-0.4, -0.2) is 42.9 Å². The van der Waals surface area contributed by atoms with E-state index in [1.165, 1.54) is 32.5 Å². The fraction of sp³-hybridized carbons (Fsp3) is 1.00. The number of ether oxygens (including phenoxy) is 1. The van der Waals surface area contributed by atoms with Crippen LogP contribution in [0.1, 0.15) is 33.6 Å². The van der Waals surface area contributed by atoms with E-state index in [1.807, 2.05) is 0 Å². The predicted octanol–water partition coefficient (Wildman–Crippen LogP) is 1.44. The van der Waals surface area contributed by atoms with Gasteiger partial charge in [0.05, 0.1) is 6.61 Å². The van der Waals surface area contributed by atoms with Crippen molar-refractivity contribution in [1.29, 1.82) is 0 Å². The predicted molar refractivity (Wildman–Crippen MR) is 61.8 cm³/mol. The molecule has 2 heterocycles. The lowest BCUT2D eigenvalue weighted by molar-refractivity contribution is 0.0785. The van der Waals surface area contributed by atoms with E-state index in [9.17, 15) is 0 Å². The standard InChI is InChI=1S/C12H24N2O/c1-4-14-6-5-10(8-14)7-11-13-12(2,3)9-15-11/h10-11,13H,4-9H2,1-3H3. The van der Waals surface area contributed by atoms with Crippen molar-refractivity contribution in [3.8, 4) is 0 Å². The first-order valence-corrected chi connectivity index (χ1v) is 6.21. The van der Waals surface area contributed by atoms with E-state index >= 15 is 0 Å². The van der Waals surface area contributed by atoms with Crippen molar-refractivity contribution in [2.75, 3.05) is 26.2 Å². The summed E-state index contributed by atoms with van der Waals surface area (Å²) in [5.41, 5.74) is 0.174. The number of nitrogens with zero attached hydrogens (tertiary/aromatic N) is 1. The molecule has 0 bridgehead atoms. The molecule has 2 aliphatic rings. The van der Waals surface area contributed by atoms with Crippen LogP contribution in [0.4, 0.5) is 0 Å². The molecule has 3 heteroatoms. The number of nitrogens with one attached hydrogen (secondary N) is 1. The van der Waals surface area contributed by atoms with Gasteiger partial charge in [0.15, 0.2) is 0 Å². The molecule has 0 aromatic rings. The van der Waals surface area contributed by atoms with Gasteiger partial charge in [-0.3, -0.25) is 5.32 Å². The van der Waals surface area contributed by atoms with E-state index < -0.39 is 0 Å². The molecule has 2 atom stereocenters. The molecule has 0 aromatic carbocycles. The fourth-order valence-corrected chi connectivity index (χ4v) is 2.65. The monoisotopic (exact) mass is 212 g/mol. The third kappa shape index (κ3) is 2.92. The van der Waals surface area contributed by atoms with Crippen LogP contribution in [0.3, 0.4) is 0 Å². The minimum Gasteiger partial charge on any atom is -0.361 e. The molecule has 3 nitrogen and oxygen atoms in total. The van der Waals surface area contributed by atoms with Crippen LogP contribution in [0, 0.1) is 5.92 Å². The zero-order valence-corrected chi connectivity index (χ0v) is 10.3. The molecular formula is C12H24N2O. The van der Waals surface area contributed by atoms with Crippen molar-refractivity contribution in [3.05, 3.63) is 0 Å². The zero-order valence-electron chi connectivity index (χ0n) is 10.3. The van der Waals surface area contributed by atoms with Gasteiger partial charge in [-0.25, -0.2) is 0 Å². The average molecular weight is 212 g/mol. The van der Waals surface area contributed by atoms with E-state index in [0.29, 0.717) is 6.23 Å². The van der Waals surface area contributed by atoms with Gasteiger partial charge in [-0.05, 0) is 45.7 Å². The SMILES string of the molecule is CCN1CCC(CC2NC(C)(C)CO2)C1. The Hall–Kier alpha value is -0.120. The second-order valence-corrected chi connectivity index (χ2v) is 5.61. The molecule has 1 N–H and O–H groups in total. The summed E-state index contributed by atoms with van der Waals surface area (Å²) < 4.78 is 5.77. The lowest BCUT2D eigenvalue weighted by Crippen LogP contribution is -2.39. The molecule has 0 spiro atoms. The lowest BCUT2D eigenvalue weighted by Gasteiger charge is -2.19. The van der Waals surface area contributed by atoms with Crippen molar-refractivity contribution in [2.45, 2.75) is 45.4 Å². The molecule has 0 aliphatic carbocycles. The van der Waals surface area contributed by atoms with Crippen molar-refractivity contribution in [2.24, 2.45) is 5.92 Å². The number of hydrogen-bond donors (Lipinski definition) is 1. The Bertz CT molecular complexity index is 218. The highest BCUT2D eigenvalue weighted by molar-refractivity contribution is 4.87. The van der Waals surface area contributed by atoms with Gasteiger partial charge in [0.2, 0.25) is 0 Å². The summed E-state index contributed by atoms with van der Waals surface area (Å²) >= 11 is 0. The van der Waals surface area contributed by atoms with Crippen LogP contribution in [0.2, 0.25) is 0 Å². The van der Waals surface area contributed by atoms with Gasteiger partial charge in [0, 0.05) is 12.1 Å². The van der Waals surface area contributed by atoms with Crippen molar-refractivity contribution in [3.63, 3.8) is 0 Å². The summed E-state index contributed by atoms with van der Waals surface area (Å²) in [7, 11) is 0.